The Labute approximate surface area is 140 Å². The third-order valence-electron chi connectivity index (χ3n) is 4.47. The van der Waals surface area contributed by atoms with Crippen LogP contribution in [0.3, 0.4) is 0 Å². The molecule has 2 aliphatic heterocycles. The molecule has 0 radical (unpaired) electrons. The van der Waals surface area contributed by atoms with Gasteiger partial charge < -0.3 is 15.5 Å². The Bertz CT molecular complexity index is 779. The molecule has 1 aromatic rings. The van der Waals surface area contributed by atoms with Gasteiger partial charge in [0.05, 0.1) is 10.8 Å². The lowest BCUT2D eigenvalue weighted by atomic mass is 10.1. The summed E-state index contributed by atoms with van der Waals surface area (Å²) < 4.78 is 22.9. The van der Waals surface area contributed by atoms with Gasteiger partial charge in [-0.2, -0.15) is 0 Å². The zero-order chi connectivity index (χ0) is 17.5. The second-order valence-corrected chi connectivity index (χ2v) is 7.84. The lowest BCUT2D eigenvalue weighted by molar-refractivity contribution is -0.134. The predicted molar refractivity (Wildman–Crippen MR) is 87.4 cm³/mol. The van der Waals surface area contributed by atoms with Crippen LogP contribution < -0.4 is 15.8 Å². The molecule has 0 bridgehead atoms. The molecule has 0 unspecified atom stereocenters. The lowest BCUT2D eigenvalue weighted by Crippen LogP contribution is -2.37. The van der Waals surface area contributed by atoms with Crippen LogP contribution in [0.1, 0.15) is 12.8 Å². The quantitative estimate of drug-likeness (QED) is 0.740. The third-order valence-corrected chi connectivity index (χ3v) is 5.38. The summed E-state index contributed by atoms with van der Waals surface area (Å²) in [5.74, 6) is -0.703. The fraction of sp³-hybridized carbons (Fsp3) is 0.467. The largest absolute Gasteiger partial charge is 0.341 e. The van der Waals surface area contributed by atoms with Crippen molar-refractivity contribution in [1.82, 2.24) is 4.90 Å². The van der Waals surface area contributed by atoms with E-state index in [4.69, 9.17) is 10.9 Å². The summed E-state index contributed by atoms with van der Waals surface area (Å²) in [4.78, 5) is 27.9. The molecule has 1 aromatic carbocycles. The van der Waals surface area contributed by atoms with Crippen molar-refractivity contribution in [3.63, 3.8) is 0 Å². The highest BCUT2D eigenvalue weighted by Gasteiger charge is 2.38. The fourth-order valence-corrected chi connectivity index (χ4v) is 3.75. The van der Waals surface area contributed by atoms with Crippen molar-refractivity contribution in [3.8, 4) is 0 Å². The Hall–Kier alpha value is -1.97. The first-order valence-corrected chi connectivity index (χ1v) is 9.28. The summed E-state index contributed by atoms with van der Waals surface area (Å²) in [7, 11) is -3.85. The van der Waals surface area contributed by atoms with Crippen molar-refractivity contribution >= 4 is 27.5 Å². The average molecular weight is 352 g/mol. The molecule has 4 N–H and O–H groups in total. The van der Waals surface area contributed by atoms with Gasteiger partial charge in [0, 0.05) is 37.8 Å². The smallest absolute Gasteiger partial charge is 0.238 e. The van der Waals surface area contributed by atoms with E-state index in [9.17, 15) is 18.0 Å². The number of hydrogen-bond acceptors (Lipinski definition) is 5. The standard InChI is InChI=1S/C15H20N4O4S/c16-11-4-5-18(9-11)15(21)10-6-14(20)19(8-10)12-2-1-3-13(7-12)24(17,22)23/h1-3,7,10-11H,4-6,8-9,16H2,(H2,17,22,23)/t10-,11-/m1/s1. The maximum absolute atomic E-state index is 12.5. The zero-order valence-electron chi connectivity index (χ0n) is 13.1. The number of likely N-dealkylation sites (tertiary alicyclic amines) is 1. The molecule has 2 atom stereocenters. The number of nitrogens with zero attached hydrogens (tertiary/aromatic N) is 2. The van der Waals surface area contributed by atoms with E-state index in [1.807, 2.05) is 0 Å². The molecular formula is C15H20N4O4S. The minimum absolute atomic E-state index is 0.00593. The van der Waals surface area contributed by atoms with Gasteiger partial charge in [-0.15, -0.1) is 0 Å². The maximum Gasteiger partial charge on any atom is 0.238 e. The number of nitrogens with two attached hydrogens (primary N) is 2. The molecular weight excluding hydrogens is 332 g/mol. The molecule has 2 heterocycles. The topological polar surface area (TPSA) is 127 Å². The first-order chi connectivity index (χ1) is 11.3. The van der Waals surface area contributed by atoms with Crippen LogP contribution in [0, 0.1) is 5.92 Å². The number of sulfonamides is 1. The average Bonchev–Trinajstić information content (AvgIpc) is 3.12. The number of hydrogen-bond donors (Lipinski definition) is 2. The SMILES string of the molecule is N[C@@H]1CCN(C(=O)[C@@H]2CC(=O)N(c3cccc(S(N)(=O)=O)c3)C2)C1. The summed E-state index contributed by atoms with van der Waals surface area (Å²) in [5.41, 5.74) is 6.26. The molecule has 130 valence electrons. The Morgan fingerprint density at radius 3 is 2.62 bits per heavy atom. The van der Waals surface area contributed by atoms with Crippen LogP contribution in [-0.2, 0) is 19.6 Å². The number of anilines is 1. The van der Waals surface area contributed by atoms with E-state index in [0.29, 0.717) is 18.8 Å². The van der Waals surface area contributed by atoms with Crippen molar-refractivity contribution in [2.75, 3.05) is 24.5 Å². The Balaban J connectivity index is 1.77. The van der Waals surface area contributed by atoms with E-state index >= 15 is 0 Å². The molecule has 0 saturated carbocycles. The third kappa shape index (κ3) is 3.28. The predicted octanol–water partition coefficient (Wildman–Crippen LogP) is -0.753. The number of carbonyl (C=O) groups excluding carboxylic acids is 2. The van der Waals surface area contributed by atoms with Crippen LogP contribution in [0.2, 0.25) is 0 Å². The lowest BCUT2D eigenvalue weighted by Gasteiger charge is -2.21. The van der Waals surface area contributed by atoms with E-state index in [0.717, 1.165) is 6.42 Å². The van der Waals surface area contributed by atoms with Crippen molar-refractivity contribution < 1.29 is 18.0 Å². The summed E-state index contributed by atoms with van der Waals surface area (Å²) >= 11 is 0. The molecule has 0 aromatic heterocycles. The molecule has 2 amide bonds. The summed E-state index contributed by atoms with van der Waals surface area (Å²) in [6.07, 6.45) is 0.886. The van der Waals surface area contributed by atoms with E-state index in [-0.39, 0.29) is 35.7 Å². The molecule has 8 nitrogen and oxygen atoms in total. The molecule has 2 aliphatic rings. The Kier molecular flexibility index (Phi) is 4.33. The highest BCUT2D eigenvalue weighted by molar-refractivity contribution is 7.89. The van der Waals surface area contributed by atoms with Gasteiger partial charge in [-0.1, -0.05) is 6.07 Å². The van der Waals surface area contributed by atoms with Gasteiger partial charge in [0.15, 0.2) is 0 Å². The van der Waals surface area contributed by atoms with Crippen molar-refractivity contribution in [2.45, 2.75) is 23.8 Å². The van der Waals surface area contributed by atoms with Gasteiger partial charge >= 0.3 is 0 Å². The van der Waals surface area contributed by atoms with Crippen LogP contribution in [0.25, 0.3) is 0 Å². The highest BCUT2D eigenvalue weighted by Crippen LogP contribution is 2.28. The summed E-state index contributed by atoms with van der Waals surface area (Å²) in [6.45, 7) is 1.37. The van der Waals surface area contributed by atoms with Gasteiger partial charge in [-0.25, -0.2) is 13.6 Å². The second-order valence-electron chi connectivity index (χ2n) is 6.28. The fourth-order valence-electron chi connectivity index (χ4n) is 3.20. The van der Waals surface area contributed by atoms with Gasteiger partial charge in [0.25, 0.3) is 0 Å². The first kappa shape index (κ1) is 16.9. The minimum atomic E-state index is -3.85. The summed E-state index contributed by atoms with van der Waals surface area (Å²) in [6, 6.07) is 5.87. The van der Waals surface area contributed by atoms with Crippen LogP contribution in [0.4, 0.5) is 5.69 Å². The van der Waals surface area contributed by atoms with Gasteiger partial charge in [0.1, 0.15) is 0 Å². The maximum atomic E-state index is 12.5. The van der Waals surface area contributed by atoms with Crippen molar-refractivity contribution in [3.05, 3.63) is 24.3 Å². The number of amides is 2. The van der Waals surface area contributed by atoms with E-state index < -0.39 is 15.9 Å². The number of benzene rings is 1. The van der Waals surface area contributed by atoms with Crippen LogP contribution >= 0.6 is 0 Å². The second kappa shape index (κ2) is 6.15. The van der Waals surface area contributed by atoms with Gasteiger partial charge in [-0.3, -0.25) is 9.59 Å². The summed E-state index contributed by atoms with van der Waals surface area (Å²) in [5, 5.41) is 5.13. The number of carbonyl (C=O) groups is 2. The molecule has 3 rings (SSSR count). The molecule has 2 fully saturated rings. The Morgan fingerprint density at radius 2 is 2.00 bits per heavy atom. The molecule has 24 heavy (non-hydrogen) atoms. The van der Waals surface area contributed by atoms with Crippen LogP contribution in [0.15, 0.2) is 29.2 Å². The number of rotatable bonds is 3. The van der Waals surface area contributed by atoms with E-state index in [1.54, 1.807) is 11.0 Å². The first-order valence-electron chi connectivity index (χ1n) is 7.73. The van der Waals surface area contributed by atoms with Crippen molar-refractivity contribution in [1.29, 1.82) is 0 Å². The molecule has 0 spiro atoms. The van der Waals surface area contributed by atoms with Crippen LogP contribution in [0.5, 0.6) is 0 Å². The van der Waals surface area contributed by atoms with Gasteiger partial charge in [-0.05, 0) is 24.6 Å². The van der Waals surface area contributed by atoms with Crippen molar-refractivity contribution in [2.24, 2.45) is 16.8 Å². The van der Waals surface area contributed by atoms with E-state index in [1.165, 1.54) is 23.1 Å². The normalized spacial score (nSPS) is 24.7. The molecule has 0 aliphatic carbocycles. The highest BCUT2D eigenvalue weighted by atomic mass is 32.2. The van der Waals surface area contributed by atoms with E-state index in [2.05, 4.69) is 0 Å². The minimum Gasteiger partial charge on any atom is -0.341 e. The monoisotopic (exact) mass is 352 g/mol. The molecule has 9 heteroatoms. The molecule has 2 saturated heterocycles. The Morgan fingerprint density at radius 1 is 1.25 bits per heavy atom. The zero-order valence-corrected chi connectivity index (χ0v) is 13.9. The number of primary sulfonamides is 1. The van der Waals surface area contributed by atoms with Gasteiger partial charge in [0.2, 0.25) is 21.8 Å². The van der Waals surface area contributed by atoms with Crippen LogP contribution in [-0.4, -0.2) is 50.8 Å².